The lowest BCUT2D eigenvalue weighted by atomic mass is 10.3. The normalized spacial score (nSPS) is 11.8. The number of carbonyl (C=O) groups excluding carboxylic acids is 1. The van der Waals surface area contributed by atoms with Crippen molar-refractivity contribution < 1.29 is 14.6 Å². The summed E-state index contributed by atoms with van der Waals surface area (Å²) in [5.74, 6) is 0.813. The van der Waals surface area contributed by atoms with E-state index in [1.54, 1.807) is 18.2 Å². The van der Waals surface area contributed by atoms with Crippen molar-refractivity contribution in [2.24, 2.45) is 0 Å². The first kappa shape index (κ1) is 18.9. The molecule has 1 atom stereocenters. The summed E-state index contributed by atoms with van der Waals surface area (Å²) in [6.07, 6.45) is -0.653. The molecular weight excluding hydrogens is 369 g/mol. The summed E-state index contributed by atoms with van der Waals surface area (Å²) in [5.41, 5.74) is 0.742. The van der Waals surface area contributed by atoms with Gasteiger partial charge in [-0.15, -0.1) is 11.8 Å². The second-order valence-corrected chi connectivity index (χ2v) is 6.99. The van der Waals surface area contributed by atoms with E-state index in [0.29, 0.717) is 21.5 Å². The van der Waals surface area contributed by atoms with Gasteiger partial charge < -0.3 is 15.2 Å². The number of halogens is 2. The summed E-state index contributed by atoms with van der Waals surface area (Å²) < 4.78 is 5.50. The van der Waals surface area contributed by atoms with E-state index in [9.17, 15) is 9.90 Å². The number of aliphatic hydroxyl groups is 1. The van der Waals surface area contributed by atoms with E-state index in [1.807, 2.05) is 24.3 Å². The predicted octanol–water partition coefficient (Wildman–Crippen LogP) is 4.48. The van der Waals surface area contributed by atoms with Gasteiger partial charge in [0.25, 0.3) is 0 Å². The van der Waals surface area contributed by atoms with Crippen LogP contribution in [0.15, 0.2) is 47.4 Å². The molecule has 1 amide bonds. The van der Waals surface area contributed by atoms with Crippen LogP contribution < -0.4 is 10.1 Å². The predicted molar refractivity (Wildman–Crippen MR) is 99.4 cm³/mol. The van der Waals surface area contributed by atoms with Crippen LogP contribution in [0.25, 0.3) is 0 Å². The fraction of sp³-hybridized carbons (Fsp3) is 0.235. The highest BCUT2D eigenvalue weighted by molar-refractivity contribution is 7.99. The summed E-state index contributed by atoms with van der Waals surface area (Å²) in [6.45, 7) is 1.59. The van der Waals surface area contributed by atoms with E-state index in [4.69, 9.17) is 27.9 Å². The smallest absolute Gasteiger partial charge is 0.221 e. The summed E-state index contributed by atoms with van der Waals surface area (Å²) >= 11 is 13.4. The Kier molecular flexibility index (Phi) is 7.24. The van der Waals surface area contributed by atoms with Crippen LogP contribution in [0.1, 0.15) is 6.92 Å². The average molecular weight is 386 g/mol. The van der Waals surface area contributed by atoms with E-state index in [0.717, 1.165) is 10.6 Å². The highest BCUT2D eigenvalue weighted by Gasteiger charge is 2.09. The van der Waals surface area contributed by atoms with Gasteiger partial charge in [-0.3, -0.25) is 4.79 Å². The van der Waals surface area contributed by atoms with Crippen molar-refractivity contribution in [2.45, 2.75) is 17.9 Å². The average Bonchev–Trinajstić information content (AvgIpc) is 2.54. The Morgan fingerprint density at radius 2 is 1.96 bits per heavy atom. The Labute approximate surface area is 155 Å². The highest BCUT2D eigenvalue weighted by Crippen LogP contribution is 2.28. The Morgan fingerprint density at radius 1 is 1.25 bits per heavy atom. The number of nitrogens with one attached hydrogen (secondary N) is 1. The molecule has 0 heterocycles. The second kappa shape index (κ2) is 9.18. The number of anilines is 1. The fourth-order valence-corrected chi connectivity index (χ4v) is 3.00. The Bertz CT molecular complexity index is 695. The first-order chi connectivity index (χ1) is 11.4. The van der Waals surface area contributed by atoms with Gasteiger partial charge in [-0.05, 0) is 36.4 Å². The SMILES string of the molecule is CC(=O)Nc1ccc(SC[C@@H](O)COc2cc(Cl)ccc2Cl)cc1. The van der Waals surface area contributed by atoms with Crippen LogP contribution >= 0.6 is 35.0 Å². The molecule has 0 aromatic heterocycles. The quantitative estimate of drug-likeness (QED) is 0.689. The van der Waals surface area contributed by atoms with E-state index in [-0.39, 0.29) is 12.5 Å². The van der Waals surface area contributed by atoms with Crippen LogP contribution in [0.5, 0.6) is 5.75 Å². The van der Waals surface area contributed by atoms with Gasteiger partial charge in [0.05, 0.1) is 11.1 Å². The van der Waals surface area contributed by atoms with Gasteiger partial charge in [0.15, 0.2) is 0 Å². The highest BCUT2D eigenvalue weighted by atomic mass is 35.5. The van der Waals surface area contributed by atoms with Crippen LogP contribution in [-0.2, 0) is 4.79 Å². The molecule has 0 saturated heterocycles. The lowest BCUT2D eigenvalue weighted by Crippen LogP contribution is -2.20. The molecule has 0 aliphatic heterocycles. The van der Waals surface area contributed by atoms with Gasteiger partial charge in [0.2, 0.25) is 5.91 Å². The number of aliphatic hydroxyl groups excluding tert-OH is 1. The van der Waals surface area contributed by atoms with Crippen molar-refractivity contribution in [2.75, 3.05) is 17.7 Å². The molecule has 2 aromatic carbocycles. The number of hydrogen-bond donors (Lipinski definition) is 2. The molecule has 0 saturated carbocycles. The molecule has 0 bridgehead atoms. The summed E-state index contributed by atoms with van der Waals surface area (Å²) in [6, 6.07) is 12.3. The number of benzene rings is 2. The minimum absolute atomic E-state index is 0.109. The largest absolute Gasteiger partial charge is 0.489 e. The molecule has 0 aliphatic carbocycles. The molecule has 0 aliphatic rings. The number of hydrogen-bond acceptors (Lipinski definition) is 4. The zero-order valence-corrected chi connectivity index (χ0v) is 15.3. The second-order valence-electron chi connectivity index (χ2n) is 5.06. The van der Waals surface area contributed by atoms with Crippen LogP contribution in [0.4, 0.5) is 5.69 Å². The van der Waals surface area contributed by atoms with Crippen molar-refractivity contribution in [3.63, 3.8) is 0 Å². The zero-order valence-electron chi connectivity index (χ0n) is 13.0. The van der Waals surface area contributed by atoms with E-state index < -0.39 is 6.10 Å². The Hall–Kier alpha value is -1.40. The first-order valence-electron chi connectivity index (χ1n) is 7.20. The van der Waals surface area contributed by atoms with Gasteiger partial charge in [-0.25, -0.2) is 0 Å². The summed E-state index contributed by atoms with van der Waals surface area (Å²) in [4.78, 5) is 12.0. The third kappa shape index (κ3) is 6.24. The van der Waals surface area contributed by atoms with E-state index >= 15 is 0 Å². The number of rotatable bonds is 7. The van der Waals surface area contributed by atoms with Gasteiger partial charge in [0, 0.05) is 34.3 Å². The molecule has 0 fully saturated rings. The maximum atomic E-state index is 11.0. The Balaban J connectivity index is 1.79. The van der Waals surface area contributed by atoms with Crippen molar-refractivity contribution in [3.05, 3.63) is 52.5 Å². The van der Waals surface area contributed by atoms with E-state index in [1.165, 1.54) is 18.7 Å². The molecule has 128 valence electrons. The van der Waals surface area contributed by atoms with Gasteiger partial charge >= 0.3 is 0 Å². The molecule has 24 heavy (non-hydrogen) atoms. The van der Waals surface area contributed by atoms with Crippen molar-refractivity contribution in [1.29, 1.82) is 0 Å². The molecule has 0 spiro atoms. The number of carbonyl (C=O) groups is 1. The van der Waals surface area contributed by atoms with Crippen LogP contribution in [0.3, 0.4) is 0 Å². The van der Waals surface area contributed by atoms with Gasteiger partial charge in [-0.2, -0.15) is 0 Å². The van der Waals surface area contributed by atoms with Crippen molar-refractivity contribution >= 4 is 46.6 Å². The first-order valence-corrected chi connectivity index (χ1v) is 8.94. The zero-order chi connectivity index (χ0) is 17.5. The van der Waals surface area contributed by atoms with Crippen LogP contribution in [0, 0.1) is 0 Å². The molecule has 4 nitrogen and oxygen atoms in total. The number of thioether (sulfide) groups is 1. The molecule has 7 heteroatoms. The lowest BCUT2D eigenvalue weighted by Gasteiger charge is -2.13. The topological polar surface area (TPSA) is 58.6 Å². The molecule has 2 N–H and O–H groups in total. The molecule has 2 rings (SSSR count). The lowest BCUT2D eigenvalue weighted by molar-refractivity contribution is -0.114. The summed E-state index contributed by atoms with van der Waals surface area (Å²) in [7, 11) is 0. The monoisotopic (exact) mass is 385 g/mol. The summed E-state index contributed by atoms with van der Waals surface area (Å²) in [5, 5.41) is 13.7. The maximum absolute atomic E-state index is 11.0. The van der Waals surface area contributed by atoms with Crippen molar-refractivity contribution in [3.8, 4) is 5.75 Å². The van der Waals surface area contributed by atoms with Gasteiger partial charge in [0.1, 0.15) is 12.4 Å². The minimum Gasteiger partial charge on any atom is -0.489 e. The molecule has 2 aromatic rings. The van der Waals surface area contributed by atoms with Crippen molar-refractivity contribution in [1.82, 2.24) is 0 Å². The van der Waals surface area contributed by atoms with Gasteiger partial charge in [-0.1, -0.05) is 23.2 Å². The maximum Gasteiger partial charge on any atom is 0.221 e. The van der Waals surface area contributed by atoms with Crippen LogP contribution in [0.2, 0.25) is 10.0 Å². The third-order valence-electron chi connectivity index (χ3n) is 2.94. The third-order valence-corrected chi connectivity index (χ3v) is 4.65. The number of ether oxygens (including phenoxy) is 1. The van der Waals surface area contributed by atoms with E-state index in [2.05, 4.69) is 5.32 Å². The standard InChI is InChI=1S/C17H17Cl2NO3S/c1-11(21)20-13-3-5-15(6-4-13)24-10-14(22)9-23-17-8-12(18)2-7-16(17)19/h2-8,14,22H,9-10H2,1H3,(H,20,21)/t14-/m0/s1. The minimum atomic E-state index is -0.653. The molecule has 0 unspecified atom stereocenters. The fourth-order valence-electron chi connectivity index (χ4n) is 1.85. The van der Waals surface area contributed by atoms with Crippen LogP contribution in [-0.4, -0.2) is 29.5 Å². The molecular formula is C17H17Cl2NO3S. The Morgan fingerprint density at radius 3 is 2.62 bits per heavy atom. The number of amides is 1. The molecule has 0 radical (unpaired) electrons.